The van der Waals surface area contributed by atoms with E-state index in [1.807, 2.05) is 19.1 Å². The zero-order chi connectivity index (χ0) is 15.2. The van der Waals surface area contributed by atoms with Crippen molar-refractivity contribution in [2.45, 2.75) is 39.8 Å². The van der Waals surface area contributed by atoms with Crippen molar-refractivity contribution >= 4 is 15.9 Å². The van der Waals surface area contributed by atoms with Crippen molar-refractivity contribution in [1.82, 2.24) is 5.32 Å². The summed E-state index contributed by atoms with van der Waals surface area (Å²) < 4.78 is 17.0. The van der Waals surface area contributed by atoms with Crippen LogP contribution in [0.1, 0.15) is 33.3 Å². The molecule has 4 nitrogen and oxygen atoms in total. The Balaban J connectivity index is 2.83. The molecule has 0 heterocycles. The van der Waals surface area contributed by atoms with Gasteiger partial charge in [-0.25, -0.2) is 0 Å². The molecule has 0 aliphatic rings. The maximum absolute atomic E-state index is 5.59. The van der Waals surface area contributed by atoms with E-state index >= 15 is 0 Å². The summed E-state index contributed by atoms with van der Waals surface area (Å²) >= 11 is 3.52. The lowest BCUT2D eigenvalue weighted by Crippen LogP contribution is -2.35. The van der Waals surface area contributed by atoms with Crippen LogP contribution in [0.15, 0.2) is 16.6 Å². The summed E-state index contributed by atoms with van der Waals surface area (Å²) in [5, 5.41) is 3.45. The number of rotatable bonds is 7. The van der Waals surface area contributed by atoms with E-state index in [9.17, 15) is 0 Å². The molecular formula is C15H24BrNO3. The maximum atomic E-state index is 5.59. The summed E-state index contributed by atoms with van der Waals surface area (Å²) in [5.41, 5.74) is 1.21. The van der Waals surface area contributed by atoms with E-state index in [0.29, 0.717) is 18.1 Å². The average Bonchev–Trinajstić information content (AvgIpc) is 2.37. The summed E-state index contributed by atoms with van der Waals surface area (Å²) in [4.78, 5) is 0. The first-order chi connectivity index (χ1) is 9.37. The molecule has 0 aliphatic heterocycles. The molecule has 0 spiro atoms. The van der Waals surface area contributed by atoms with Crippen LogP contribution in [0, 0.1) is 0 Å². The quantitative estimate of drug-likeness (QED) is 0.603. The molecule has 0 fully saturated rings. The molecule has 0 atom stereocenters. The lowest BCUT2D eigenvalue weighted by Gasteiger charge is -2.21. The molecule has 0 aliphatic carbocycles. The summed E-state index contributed by atoms with van der Waals surface area (Å²) in [6.07, 6.45) is 0. The van der Waals surface area contributed by atoms with Crippen LogP contribution in [0.5, 0.6) is 11.5 Å². The van der Waals surface area contributed by atoms with E-state index in [2.05, 4.69) is 42.0 Å². The highest BCUT2D eigenvalue weighted by Gasteiger charge is 2.14. The molecule has 1 rings (SSSR count). The molecule has 0 aromatic heterocycles. The standard InChI is InChI=1S/C15H24BrNO3/c1-6-19-10-20-14-12(16)7-11(8-13(14)18-5)9-17-15(2,3)4/h7-8,17H,6,9-10H2,1-5H3. The van der Waals surface area contributed by atoms with Crippen molar-refractivity contribution in [2.75, 3.05) is 20.5 Å². The SMILES string of the molecule is CCOCOc1c(Br)cc(CNC(C)(C)C)cc1OC. The molecule has 0 bridgehead atoms. The minimum absolute atomic E-state index is 0.0733. The maximum Gasteiger partial charge on any atom is 0.189 e. The first kappa shape index (κ1) is 17.3. The Morgan fingerprint density at radius 3 is 2.50 bits per heavy atom. The number of hydrogen-bond donors (Lipinski definition) is 1. The van der Waals surface area contributed by atoms with Crippen molar-refractivity contribution < 1.29 is 14.2 Å². The highest BCUT2D eigenvalue weighted by molar-refractivity contribution is 9.10. The first-order valence-electron chi connectivity index (χ1n) is 6.69. The lowest BCUT2D eigenvalue weighted by molar-refractivity contribution is 0.0204. The van der Waals surface area contributed by atoms with E-state index < -0.39 is 0 Å². The number of ether oxygens (including phenoxy) is 3. The van der Waals surface area contributed by atoms with E-state index in [1.54, 1.807) is 7.11 Å². The predicted molar refractivity (Wildman–Crippen MR) is 84.4 cm³/mol. The Bertz CT molecular complexity index is 430. The van der Waals surface area contributed by atoms with Crippen LogP contribution in [0.4, 0.5) is 0 Å². The Hall–Kier alpha value is -0.780. The van der Waals surface area contributed by atoms with E-state index in [0.717, 1.165) is 16.6 Å². The highest BCUT2D eigenvalue weighted by Crippen LogP contribution is 2.36. The van der Waals surface area contributed by atoms with Crippen molar-refractivity contribution in [1.29, 1.82) is 0 Å². The van der Waals surface area contributed by atoms with Crippen molar-refractivity contribution in [3.63, 3.8) is 0 Å². The molecule has 0 saturated heterocycles. The molecule has 1 aromatic rings. The minimum Gasteiger partial charge on any atom is -0.493 e. The summed E-state index contributed by atoms with van der Waals surface area (Å²) in [5.74, 6) is 1.37. The van der Waals surface area contributed by atoms with Gasteiger partial charge in [-0.05, 0) is 61.3 Å². The monoisotopic (exact) mass is 345 g/mol. The number of nitrogens with one attached hydrogen (secondary N) is 1. The molecule has 5 heteroatoms. The van der Waals surface area contributed by atoms with Gasteiger partial charge in [-0.1, -0.05) is 0 Å². The van der Waals surface area contributed by atoms with Crippen LogP contribution in [-0.4, -0.2) is 26.0 Å². The van der Waals surface area contributed by atoms with E-state index in [1.165, 1.54) is 0 Å². The van der Waals surface area contributed by atoms with Crippen LogP contribution in [-0.2, 0) is 11.3 Å². The fraction of sp³-hybridized carbons (Fsp3) is 0.600. The van der Waals surface area contributed by atoms with Crippen LogP contribution in [0.25, 0.3) is 0 Å². The van der Waals surface area contributed by atoms with Gasteiger partial charge in [-0.3, -0.25) is 0 Å². The van der Waals surface area contributed by atoms with Crippen molar-refractivity contribution in [2.24, 2.45) is 0 Å². The molecule has 1 aromatic carbocycles. The molecule has 0 radical (unpaired) electrons. The molecule has 0 saturated carbocycles. The van der Waals surface area contributed by atoms with Crippen LogP contribution in [0.3, 0.4) is 0 Å². The predicted octanol–water partition coefficient (Wildman–Crippen LogP) is 3.72. The second-order valence-electron chi connectivity index (χ2n) is 5.47. The van der Waals surface area contributed by atoms with Gasteiger partial charge in [0, 0.05) is 18.7 Å². The zero-order valence-electron chi connectivity index (χ0n) is 12.9. The molecule has 114 valence electrons. The summed E-state index contributed by atoms with van der Waals surface area (Å²) in [6, 6.07) is 4.01. The second kappa shape index (κ2) is 7.86. The Morgan fingerprint density at radius 1 is 1.25 bits per heavy atom. The fourth-order valence-corrected chi connectivity index (χ4v) is 2.17. The summed E-state index contributed by atoms with van der Waals surface area (Å²) in [6.45, 7) is 9.94. The summed E-state index contributed by atoms with van der Waals surface area (Å²) in [7, 11) is 1.64. The van der Waals surface area contributed by atoms with Crippen LogP contribution < -0.4 is 14.8 Å². The molecule has 0 amide bonds. The smallest absolute Gasteiger partial charge is 0.189 e. The Morgan fingerprint density at radius 2 is 1.95 bits per heavy atom. The topological polar surface area (TPSA) is 39.7 Å². The van der Waals surface area contributed by atoms with Crippen LogP contribution >= 0.6 is 15.9 Å². The third kappa shape index (κ3) is 5.69. The number of halogens is 1. The van der Waals surface area contributed by atoms with Gasteiger partial charge >= 0.3 is 0 Å². The van der Waals surface area contributed by atoms with Gasteiger partial charge in [-0.15, -0.1) is 0 Å². The van der Waals surface area contributed by atoms with Gasteiger partial charge in [-0.2, -0.15) is 0 Å². The number of benzene rings is 1. The third-order valence-electron chi connectivity index (χ3n) is 2.60. The van der Waals surface area contributed by atoms with Gasteiger partial charge in [0.1, 0.15) is 0 Å². The van der Waals surface area contributed by atoms with Crippen LogP contribution in [0.2, 0.25) is 0 Å². The van der Waals surface area contributed by atoms with Gasteiger partial charge in [0.2, 0.25) is 0 Å². The number of hydrogen-bond acceptors (Lipinski definition) is 4. The molecule has 20 heavy (non-hydrogen) atoms. The van der Waals surface area contributed by atoms with E-state index in [4.69, 9.17) is 14.2 Å². The zero-order valence-corrected chi connectivity index (χ0v) is 14.5. The van der Waals surface area contributed by atoms with Gasteiger partial charge < -0.3 is 19.5 Å². The van der Waals surface area contributed by atoms with E-state index in [-0.39, 0.29) is 12.3 Å². The lowest BCUT2D eigenvalue weighted by atomic mass is 10.1. The molecule has 0 unspecified atom stereocenters. The van der Waals surface area contributed by atoms with Crippen molar-refractivity contribution in [3.8, 4) is 11.5 Å². The molecule has 1 N–H and O–H groups in total. The average molecular weight is 346 g/mol. The Labute approximate surface area is 129 Å². The first-order valence-corrected chi connectivity index (χ1v) is 7.48. The molecular weight excluding hydrogens is 322 g/mol. The van der Waals surface area contributed by atoms with Gasteiger partial charge in [0.05, 0.1) is 11.6 Å². The minimum atomic E-state index is 0.0733. The highest BCUT2D eigenvalue weighted by atomic mass is 79.9. The van der Waals surface area contributed by atoms with Gasteiger partial charge in [0.25, 0.3) is 0 Å². The van der Waals surface area contributed by atoms with Crippen molar-refractivity contribution in [3.05, 3.63) is 22.2 Å². The fourth-order valence-electron chi connectivity index (χ4n) is 1.57. The second-order valence-corrected chi connectivity index (χ2v) is 6.32. The normalized spacial score (nSPS) is 11.5. The largest absolute Gasteiger partial charge is 0.493 e. The van der Waals surface area contributed by atoms with Gasteiger partial charge in [0.15, 0.2) is 18.3 Å². The third-order valence-corrected chi connectivity index (χ3v) is 3.19. The number of methoxy groups -OCH3 is 1. The Kier molecular flexibility index (Phi) is 6.79.